The number of nitrogens with one attached hydrogen (secondary N) is 1. The fourth-order valence-corrected chi connectivity index (χ4v) is 4.75. The highest BCUT2D eigenvalue weighted by Gasteiger charge is 2.53. The van der Waals surface area contributed by atoms with Gasteiger partial charge in [0, 0.05) is 0 Å². The predicted molar refractivity (Wildman–Crippen MR) is 117 cm³/mol. The number of hydrogen-bond donors (Lipinski definition) is 2. The molecule has 0 unspecified atom stereocenters. The predicted octanol–water partition coefficient (Wildman–Crippen LogP) is 3.88. The number of aliphatic hydroxyl groups excluding tert-OH is 1. The summed E-state index contributed by atoms with van der Waals surface area (Å²) in [6.07, 6.45) is 2.20. The van der Waals surface area contributed by atoms with Crippen molar-refractivity contribution in [1.82, 2.24) is 10.2 Å². The van der Waals surface area contributed by atoms with Crippen molar-refractivity contribution < 1.29 is 19.4 Å². The van der Waals surface area contributed by atoms with Crippen LogP contribution in [0.2, 0.25) is 0 Å². The van der Waals surface area contributed by atoms with Crippen LogP contribution in [0.15, 0.2) is 12.1 Å². The van der Waals surface area contributed by atoms with Gasteiger partial charge in [-0.25, -0.2) is 4.79 Å². The van der Waals surface area contributed by atoms with E-state index in [9.17, 15) is 14.7 Å². The molecule has 0 radical (unpaired) electrons. The van der Waals surface area contributed by atoms with E-state index in [1.807, 2.05) is 32.9 Å². The van der Waals surface area contributed by atoms with Crippen molar-refractivity contribution in [2.45, 2.75) is 78.9 Å². The molecule has 0 bridgehead atoms. The van der Waals surface area contributed by atoms with Gasteiger partial charge in [0.15, 0.2) is 0 Å². The Kier molecular flexibility index (Phi) is 6.19. The lowest BCUT2D eigenvalue weighted by Crippen LogP contribution is -2.51. The number of hydrogen-bond acceptors (Lipinski definition) is 4. The van der Waals surface area contributed by atoms with Crippen molar-refractivity contribution in [3.8, 4) is 5.75 Å². The third-order valence-electron chi connectivity index (χ3n) is 7.00. The molecule has 1 aromatic carbocycles. The topological polar surface area (TPSA) is 78.9 Å². The van der Waals surface area contributed by atoms with Crippen molar-refractivity contribution in [2.75, 3.05) is 13.2 Å². The van der Waals surface area contributed by atoms with E-state index in [0.29, 0.717) is 18.8 Å². The van der Waals surface area contributed by atoms with E-state index in [1.165, 1.54) is 4.90 Å². The number of β-amino-alcohol motifs (C(OH)–C–C–N with tert-alkyl or cyclic N) is 1. The molecule has 0 aromatic heterocycles. The van der Waals surface area contributed by atoms with Gasteiger partial charge in [0.1, 0.15) is 24.0 Å². The van der Waals surface area contributed by atoms with Crippen LogP contribution in [-0.4, -0.2) is 46.7 Å². The van der Waals surface area contributed by atoms with E-state index in [2.05, 4.69) is 26.1 Å². The first-order valence-electron chi connectivity index (χ1n) is 11.0. The van der Waals surface area contributed by atoms with Gasteiger partial charge in [0.2, 0.25) is 0 Å². The van der Waals surface area contributed by atoms with Crippen LogP contribution in [0.4, 0.5) is 4.79 Å². The molecule has 3 rings (SSSR count). The van der Waals surface area contributed by atoms with Crippen LogP contribution >= 0.6 is 0 Å². The van der Waals surface area contributed by atoms with E-state index in [-0.39, 0.29) is 24.5 Å². The zero-order valence-electron chi connectivity index (χ0n) is 19.2. The van der Waals surface area contributed by atoms with Gasteiger partial charge in [-0.3, -0.25) is 9.69 Å². The molecule has 1 aromatic rings. The highest BCUT2D eigenvalue weighted by molar-refractivity contribution is 6.07. The van der Waals surface area contributed by atoms with Crippen molar-refractivity contribution >= 4 is 11.9 Å². The SMILES string of the molecule is Cc1ccc(C)c(OC[C@@H](O)CN2C(=O)NC3(CCC(C(C)(C)C)CC3)C2=O)c1C. The Hall–Kier alpha value is -2.08. The maximum atomic E-state index is 13.1. The summed E-state index contributed by atoms with van der Waals surface area (Å²) in [5.41, 5.74) is 2.55. The molecule has 6 heteroatoms. The van der Waals surface area contributed by atoms with Crippen LogP contribution in [0.25, 0.3) is 0 Å². The molecule has 166 valence electrons. The summed E-state index contributed by atoms with van der Waals surface area (Å²) in [7, 11) is 0. The molecule has 2 aliphatic rings. The first-order valence-corrected chi connectivity index (χ1v) is 11.0. The minimum atomic E-state index is -0.944. The van der Waals surface area contributed by atoms with Gasteiger partial charge in [0.25, 0.3) is 5.91 Å². The first kappa shape index (κ1) is 22.6. The molecular formula is C24H36N2O4. The molecule has 30 heavy (non-hydrogen) atoms. The molecule has 3 amide bonds. The van der Waals surface area contributed by atoms with Crippen molar-refractivity contribution in [1.29, 1.82) is 0 Å². The molecule has 1 aliphatic carbocycles. The second-order valence-corrected chi connectivity index (χ2v) is 10.2. The summed E-state index contributed by atoms with van der Waals surface area (Å²) in [6.45, 7) is 12.6. The molecule has 1 heterocycles. The molecule has 2 fully saturated rings. The number of ether oxygens (including phenoxy) is 1. The molecule has 2 N–H and O–H groups in total. The zero-order chi connectivity index (χ0) is 22.3. The Morgan fingerprint density at radius 3 is 2.37 bits per heavy atom. The maximum Gasteiger partial charge on any atom is 0.325 e. The first-order chi connectivity index (χ1) is 13.9. The Bertz CT molecular complexity index is 819. The Balaban J connectivity index is 1.60. The molecule has 6 nitrogen and oxygen atoms in total. The summed E-state index contributed by atoms with van der Waals surface area (Å²) in [4.78, 5) is 26.8. The van der Waals surface area contributed by atoms with Crippen molar-refractivity contribution in [2.24, 2.45) is 11.3 Å². The van der Waals surface area contributed by atoms with Gasteiger partial charge in [-0.2, -0.15) is 0 Å². The minimum absolute atomic E-state index is 0.0291. The number of rotatable bonds is 5. The smallest absolute Gasteiger partial charge is 0.325 e. The summed E-state index contributed by atoms with van der Waals surface area (Å²) in [5.74, 6) is 1.09. The Morgan fingerprint density at radius 1 is 1.17 bits per heavy atom. The van der Waals surface area contributed by atoms with Crippen LogP contribution < -0.4 is 10.1 Å². The van der Waals surface area contributed by atoms with Gasteiger partial charge in [0.05, 0.1) is 6.54 Å². The van der Waals surface area contributed by atoms with E-state index < -0.39 is 17.7 Å². The van der Waals surface area contributed by atoms with Crippen LogP contribution in [0, 0.1) is 32.1 Å². The lowest BCUT2D eigenvalue weighted by molar-refractivity contribution is -0.134. The summed E-state index contributed by atoms with van der Waals surface area (Å²) in [5, 5.41) is 13.4. The zero-order valence-corrected chi connectivity index (χ0v) is 19.2. The van der Waals surface area contributed by atoms with Crippen LogP contribution in [0.1, 0.15) is 63.1 Å². The van der Waals surface area contributed by atoms with Gasteiger partial charge < -0.3 is 15.2 Å². The lowest BCUT2D eigenvalue weighted by Gasteiger charge is -2.40. The van der Waals surface area contributed by atoms with Crippen molar-refractivity contribution in [3.05, 3.63) is 28.8 Å². The second kappa shape index (κ2) is 8.22. The average molecular weight is 417 g/mol. The third-order valence-corrected chi connectivity index (χ3v) is 7.00. The second-order valence-electron chi connectivity index (χ2n) is 10.2. The Morgan fingerprint density at radius 2 is 1.77 bits per heavy atom. The molecule has 1 atom stereocenters. The Labute approximate surface area is 180 Å². The highest BCUT2D eigenvalue weighted by atomic mass is 16.5. The number of imide groups is 1. The van der Waals surface area contributed by atoms with E-state index >= 15 is 0 Å². The molecular weight excluding hydrogens is 380 g/mol. The quantitative estimate of drug-likeness (QED) is 0.714. The van der Waals surface area contributed by atoms with E-state index in [1.54, 1.807) is 0 Å². The van der Waals surface area contributed by atoms with Gasteiger partial charge >= 0.3 is 6.03 Å². The third kappa shape index (κ3) is 4.34. The minimum Gasteiger partial charge on any atom is -0.490 e. The number of benzene rings is 1. The lowest BCUT2D eigenvalue weighted by atomic mass is 9.67. The summed E-state index contributed by atoms with van der Waals surface area (Å²) in [6, 6.07) is 3.62. The van der Waals surface area contributed by atoms with Crippen LogP contribution in [-0.2, 0) is 4.79 Å². The molecule has 1 spiro atoms. The van der Waals surface area contributed by atoms with Crippen LogP contribution in [0.5, 0.6) is 5.75 Å². The number of aryl methyl sites for hydroxylation is 2. The van der Waals surface area contributed by atoms with Gasteiger partial charge in [-0.05, 0) is 74.5 Å². The number of aliphatic hydroxyl groups is 1. The van der Waals surface area contributed by atoms with Crippen molar-refractivity contribution in [3.63, 3.8) is 0 Å². The van der Waals surface area contributed by atoms with E-state index in [4.69, 9.17) is 4.74 Å². The van der Waals surface area contributed by atoms with Gasteiger partial charge in [-0.15, -0.1) is 0 Å². The van der Waals surface area contributed by atoms with Crippen LogP contribution in [0.3, 0.4) is 0 Å². The fraction of sp³-hybridized carbons (Fsp3) is 0.667. The monoisotopic (exact) mass is 416 g/mol. The number of carbonyl (C=O) groups is 2. The maximum absolute atomic E-state index is 13.1. The molecule has 1 aliphatic heterocycles. The number of nitrogens with zero attached hydrogens (tertiary/aromatic N) is 1. The number of urea groups is 1. The largest absolute Gasteiger partial charge is 0.490 e. The standard InChI is InChI=1S/C24H36N2O4/c1-15-7-8-16(2)20(17(15)3)30-14-19(27)13-26-21(28)24(25-22(26)29)11-9-18(10-12-24)23(4,5)6/h7-8,18-19,27H,9-14H2,1-6H3,(H,25,29)/t18?,19-,24?/m0/s1. The molecule has 1 saturated carbocycles. The van der Waals surface area contributed by atoms with Gasteiger partial charge in [-0.1, -0.05) is 32.9 Å². The van der Waals surface area contributed by atoms with E-state index in [0.717, 1.165) is 35.3 Å². The number of amides is 3. The molecule has 1 saturated heterocycles. The number of carbonyl (C=O) groups excluding carboxylic acids is 2. The summed E-state index contributed by atoms with van der Waals surface area (Å²) >= 11 is 0. The fourth-order valence-electron chi connectivity index (χ4n) is 4.75. The summed E-state index contributed by atoms with van der Waals surface area (Å²) < 4.78 is 5.86. The highest BCUT2D eigenvalue weighted by Crippen LogP contribution is 2.43. The normalized spacial score (nSPS) is 25.6. The average Bonchev–Trinajstić information content (AvgIpc) is 2.88.